The Morgan fingerprint density at radius 2 is 2.14 bits per heavy atom. The number of nitrogens with zero attached hydrogens (tertiary/aromatic N) is 1. The first-order chi connectivity index (χ1) is 10.2. The number of benzene rings is 1. The first kappa shape index (κ1) is 14.0. The van der Waals surface area contributed by atoms with Crippen molar-refractivity contribution in [2.24, 2.45) is 0 Å². The Labute approximate surface area is 125 Å². The fourth-order valence-electron chi connectivity index (χ4n) is 2.81. The van der Waals surface area contributed by atoms with Gasteiger partial charge in [-0.1, -0.05) is 23.8 Å². The maximum absolute atomic E-state index is 5.99. The molecule has 0 N–H and O–H groups in total. The normalized spacial score (nSPS) is 19.7. The van der Waals surface area contributed by atoms with Gasteiger partial charge in [-0.2, -0.15) is 0 Å². The molecule has 21 heavy (non-hydrogen) atoms. The number of fused-ring (bicyclic) bond motifs is 1. The molecule has 1 aliphatic rings. The predicted octanol–water partition coefficient (Wildman–Crippen LogP) is 3.97. The highest BCUT2D eigenvalue weighted by molar-refractivity contribution is 5.46. The average Bonchev–Trinajstić information content (AvgIpc) is 2.87. The van der Waals surface area contributed by atoms with E-state index in [9.17, 15) is 0 Å². The zero-order valence-corrected chi connectivity index (χ0v) is 12.6. The molecule has 110 valence electrons. The van der Waals surface area contributed by atoms with Crippen LogP contribution in [0.2, 0.25) is 0 Å². The maximum Gasteiger partial charge on any atom is 0.126 e. The average molecular weight is 283 g/mol. The summed E-state index contributed by atoms with van der Waals surface area (Å²) in [6.07, 6.45) is 4.00. The summed E-state index contributed by atoms with van der Waals surface area (Å²) in [4.78, 5) is 2.42. The first-order valence-electron chi connectivity index (χ1n) is 7.38. The molecule has 0 saturated heterocycles. The van der Waals surface area contributed by atoms with Crippen LogP contribution in [0.15, 0.2) is 52.7 Å². The van der Waals surface area contributed by atoms with Crippen molar-refractivity contribution in [3.63, 3.8) is 0 Å². The minimum absolute atomic E-state index is 0.199. The number of furan rings is 1. The Morgan fingerprint density at radius 1 is 1.29 bits per heavy atom. The molecule has 0 radical (unpaired) electrons. The van der Waals surface area contributed by atoms with Crippen LogP contribution in [0, 0.1) is 0 Å². The zero-order chi connectivity index (χ0) is 14.7. The van der Waals surface area contributed by atoms with Gasteiger partial charge < -0.3 is 9.15 Å². The van der Waals surface area contributed by atoms with Gasteiger partial charge in [0.1, 0.15) is 17.6 Å². The summed E-state index contributed by atoms with van der Waals surface area (Å²) in [6.45, 7) is 7.04. The van der Waals surface area contributed by atoms with Crippen LogP contribution in [0.3, 0.4) is 0 Å². The van der Waals surface area contributed by atoms with E-state index in [-0.39, 0.29) is 6.10 Å². The SMILES string of the molecule is C/C(=C\c1ccco1)CN1Cc2ccccc2O[C@@H](C)C1. The minimum atomic E-state index is 0.199. The second-order valence-electron chi connectivity index (χ2n) is 5.71. The highest BCUT2D eigenvalue weighted by atomic mass is 16.5. The number of hydrogen-bond acceptors (Lipinski definition) is 3. The Kier molecular flexibility index (Phi) is 4.11. The van der Waals surface area contributed by atoms with Crippen molar-refractivity contribution in [2.75, 3.05) is 13.1 Å². The van der Waals surface area contributed by atoms with Crippen LogP contribution >= 0.6 is 0 Å². The van der Waals surface area contributed by atoms with Crippen LogP contribution in [0.4, 0.5) is 0 Å². The monoisotopic (exact) mass is 283 g/mol. The van der Waals surface area contributed by atoms with E-state index in [0.29, 0.717) is 0 Å². The molecular formula is C18H21NO2. The van der Waals surface area contributed by atoms with E-state index in [0.717, 1.165) is 31.1 Å². The summed E-state index contributed by atoms with van der Waals surface area (Å²) >= 11 is 0. The molecule has 1 aliphatic heterocycles. The van der Waals surface area contributed by atoms with Crippen LogP contribution in [-0.4, -0.2) is 24.1 Å². The summed E-state index contributed by atoms with van der Waals surface area (Å²) < 4.78 is 11.4. The molecule has 2 heterocycles. The van der Waals surface area contributed by atoms with E-state index in [1.54, 1.807) is 6.26 Å². The highest BCUT2D eigenvalue weighted by Gasteiger charge is 2.19. The Hall–Kier alpha value is -2.00. The molecule has 2 aromatic rings. The molecule has 1 aromatic heterocycles. The lowest BCUT2D eigenvalue weighted by molar-refractivity contribution is 0.168. The number of hydrogen-bond donors (Lipinski definition) is 0. The molecule has 0 saturated carbocycles. The minimum Gasteiger partial charge on any atom is -0.489 e. The van der Waals surface area contributed by atoms with Crippen molar-refractivity contribution < 1.29 is 9.15 Å². The molecule has 0 unspecified atom stereocenters. The molecule has 0 spiro atoms. The second-order valence-corrected chi connectivity index (χ2v) is 5.71. The van der Waals surface area contributed by atoms with Crippen LogP contribution in [0.1, 0.15) is 25.2 Å². The lowest BCUT2D eigenvalue weighted by Gasteiger charge is -2.22. The van der Waals surface area contributed by atoms with E-state index in [4.69, 9.17) is 9.15 Å². The molecule has 0 amide bonds. The maximum atomic E-state index is 5.99. The number of rotatable bonds is 3. The number of para-hydroxylation sites is 1. The standard InChI is InChI=1S/C18H21NO2/c1-14(10-17-7-5-9-20-17)11-19-12-15(2)21-18-8-4-3-6-16(18)13-19/h3-10,15H,11-13H2,1-2H3/b14-10+/t15-/m0/s1. The first-order valence-corrected chi connectivity index (χ1v) is 7.38. The summed E-state index contributed by atoms with van der Waals surface area (Å²) in [7, 11) is 0. The quantitative estimate of drug-likeness (QED) is 0.852. The van der Waals surface area contributed by atoms with E-state index in [2.05, 4.69) is 43.0 Å². The summed E-state index contributed by atoms with van der Waals surface area (Å²) in [5.74, 6) is 1.92. The smallest absolute Gasteiger partial charge is 0.126 e. The highest BCUT2D eigenvalue weighted by Crippen LogP contribution is 2.25. The molecule has 1 atom stereocenters. The fourth-order valence-corrected chi connectivity index (χ4v) is 2.81. The van der Waals surface area contributed by atoms with E-state index in [1.807, 2.05) is 18.2 Å². The molecule has 3 nitrogen and oxygen atoms in total. The predicted molar refractivity (Wildman–Crippen MR) is 84.2 cm³/mol. The third-order valence-electron chi connectivity index (χ3n) is 3.61. The molecule has 3 heteroatoms. The largest absolute Gasteiger partial charge is 0.489 e. The van der Waals surface area contributed by atoms with Crippen molar-refractivity contribution in [2.45, 2.75) is 26.5 Å². The lowest BCUT2D eigenvalue weighted by Crippen LogP contribution is -2.32. The van der Waals surface area contributed by atoms with Crippen LogP contribution in [-0.2, 0) is 6.54 Å². The van der Waals surface area contributed by atoms with Crippen LogP contribution < -0.4 is 4.74 Å². The molecule has 0 aliphatic carbocycles. The van der Waals surface area contributed by atoms with Gasteiger partial charge in [-0.25, -0.2) is 0 Å². The molecular weight excluding hydrogens is 262 g/mol. The summed E-state index contributed by atoms with van der Waals surface area (Å²) in [6, 6.07) is 12.2. The Bertz CT molecular complexity index is 616. The van der Waals surface area contributed by atoms with Gasteiger partial charge in [0, 0.05) is 25.2 Å². The van der Waals surface area contributed by atoms with E-state index >= 15 is 0 Å². The van der Waals surface area contributed by atoms with Gasteiger partial charge in [0.2, 0.25) is 0 Å². The second kappa shape index (κ2) is 6.19. The van der Waals surface area contributed by atoms with Gasteiger partial charge in [0.25, 0.3) is 0 Å². The topological polar surface area (TPSA) is 25.6 Å². The van der Waals surface area contributed by atoms with Gasteiger partial charge in [0.05, 0.1) is 6.26 Å². The van der Waals surface area contributed by atoms with Gasteiger partial charge in [0.15, 0.2) is 0 Å². The van der Waals surface area contributed by atoms with Crippen molar-refractivity contribution in [3.05, 3.63) is 59.6 Å². The lowest BCUT2D eigenvalue weighted by atomic mass is 10.1. The van der Waals surface area contributed by atoms with E-state index < -0.39 is 0 Å². The third-order valence-corrected chi connectivity index (χ3v) is 3.61. The molecule has 0 fully saturated rings. The summed E-state index contributed by atoms with van der Waals surface area (Å²) in [5.41, 5.74) is 2.55. The van der Waals surface area contributed by atoms with Crippen molar-refractivity contribution in [3.8, 4) is 5.75 Å². The van der Waals surface area contributed by atoms with Crippen LogP contribution in [0.25, 0.3) is 6.08 Å². The van der Waals surface area contributed by atoms with E-state index in [1.165, 1.54) is 11.1 Å². The fraction of sp³-hybridized carbons (Fsp3) is 0.333. The van der Waals surface area contributed by atoms with Crippen LogP contribution in [0.5, 0.6) is 5.75 Å². The molecule has 0 bridgehead atoms. The third kappa shape index (κ3) is 3.56. The van der Waals surface area contributed by atoms with Gasteiger partial charge in [-0.05, 0) is 38.1 Å². The van der Waals surface area contributed by atoms with Gasteiger partial charge >= 0.3 is 0 Å². The molecule has 1 aromatic carbocycles. The Morgan fingerprint density at radius 3 is 2.95 bits per heavy atom. The molecule has 3 rings (SSSR count). The van der Waals surface area contributed by atoms with Crippen molar-refractivity contribution in [1.82, 2.24) is 4.90 Å². The summed E-state index contributed by atoms with van der Waals surface area (Å²) in [5, 5.41) is 0. The van der Waals surface area contributed by atoms with Gasteiger partial charge in [-0.15, -0.1) is 0 Å². The zero-order valence-electron chi connectivity index (χ0n) is 12.6. The number of ether oxygens (including phenoxy) is 1. The van der Waals surface area contributed by atoms with Crippen molar-refractivity contribution >= 4 is 6.08 Å². The van der Waals surface area contributed by atoms with Gasteiger partial charge in [-0.3, -0.25) is 4.90 Å². The Balaban J connectivity index is 1.74. The van der Waals surface area contributed by atoms with Crippen molar-refractivity contribution in [1.29, 1.82) is 0 Å².